The second kappa shape index (κ2) is 11.2. The average molecular weight is 209 g/mol. The van der Waals surface area contributed by atoms with Gasteiger partial charge in [0, 0.05) is 11.9 Å². The highest BCUT2D eigenvalue weighted by molar-refractivity contribution is 5.86. The Labute approximate surface area is 96.0 Å². The number of allylic oxidation sites excluding steroid dienone is 2. The molecule has 0 heterocycles. The Morgan fingerprint density at radius 3 is 1.93 bits per heavy atom. The van der Waals surface area contributed by atoms with E-state index in [1.165, 1.54) is 18.6 Å². The summed E-state index contributed by atoms with van der Waals surface area (Å²) < 4.78 is 0. The fraction of sp³-hybridized carbons (Fsp3) is 0.643. The van der Waals surface area contributed by atoms with Gasteiger partial charge in [-0.3, -0.25) is 4.99 Å². The van der Waals surface area contributed by atoms with Crippen LogP contribution >= 0.6 is 0 Å². The van der Waals surface area contributed by atoms with E-state index in [1.807, 2.05) is 46.9 Å². The van der Waals surface area contributed by atoms with Crippen LogP contribution in [0.15, 0.2) is 29.4 Å². The first kappa shape index (κ1) is 16.6. The lowest BCUT2D eigenvalue weighted by Crippen LogP contribution is -1.91. The van der Waals surface area contributed by atoms with Crippen LogP contribution in [0.1, 0.15) is 54.4 Å². The molecule has 0 unspecified atom stereocenters. The quantitative estimate of drug-likeness (QED) is 0.458. The molecule has 1 aliphatic rings. The highest BCUT2D eigenvalue weighted by Gasteiger charge is 2.23. The minimum Gasteiger partial charge on any atom is -0.265 e. The molecule has 0 aromatic carbocycles. The van der Waals surface area contributed by atoms with Crippen LogP contribution in [-0.4, -0.2) is 5.71 Å². The van der Waals surface area contributed by atoms with Gasteiger partial charge in [0.1, 0.15) is 0 Å². The summed E-state index contributed by atoms with van der Waals surface area (Å²) in [6, 6.07) is 0. The van der Waals surface area contributed by atoms with Crippen molar-refractivity contribution in [2.45, 2.75) is 54.4 Å². The molecule has 0 saturated heterocycles. The Hall–Kier alpha value is -0.850. The topological polar surface area (TPSA) is 12.4 Å². The van der Waals surface area contributed by atoms with E-state index < -0.39 is 0 Å². The van der Waals surface area contributed by atoms with E-state index in [0.717, 1.165) is 11.5 Å². The fourth-order valence-corrected chi connectivity index (χ4v) is 0.863. The zero-order chi connectivity index (χ0) is 12.3. The molecule has 0 aromatic heterocycles. The van der Waals surface area contributed by atoms with Gasteiger partial charge in [-0.25, -0.2) is 0 Å². The smallest absolute Gasteiger partial charge is 0.0296 e. The van der Waals surface area contributed by atoms with Crippen molar-refractivity contribution < 1.29 is 0 Å². The van der Waals surface area contributed by atoms with Gasteiger partial charge in [-0.15, -0.1) is 0 Å². The molecule has 1 fully saturated rings. The molecule has 15 heavy (non-hydrogen) atoms. The Morgan fingerprint density at radius 1 is 1.13 bits per heavy atom. The van der Waals surface area contributed by atoms with Gasteiger partial charge in [0.15, 0.2) is 0 Å². The molecule has 0 spiro atoms. The molecule has 1 rings (SSSR count). The molecule has 0 radical (unpaired) electrons. The third kappa shape index (κ3) is 9.45. The predicted octanol–water partition coefficient (Wildman–Crippen LogP) is 5.00. The summed E-state index contributed by atoms with van der Waals surface area (Å²) in [4.78, 5) is 4.34. The molecule has 88 valence electrons. The molecule has 0 atom stereocenters. The van der Waals surface area contributed by atoms with Crippen molar-refractivity contribution in [2.24, 2.45) is 10.9 Å². The average Bonchev–Trinajstić information content (AvgIpc) is 3.14. The van der Waals surface area contributed by atoms with Crippen LogP contribution in [0.5, 0.6) is 0 Å². The van der Waals surface area contributed by atoms with E-state index in [4.69, 9.17) is 0 Å². The molecule has 0 aromatic rings. The van der Waals surface area contributed by atoms with Crippen LogP contribution in [0.2, 0.25) is 0 Å². The first-order chi connectivity index (χ1) is 7.24. The van der Waals surface area contributed by atoms with Crippen molar-refractivity contribution in [3.05, 3.63) is 24.4 Å². The summed E-state index contributed by atoms with van der Waals surface area (Å²) in [5.74, 6) is 0.781. The summed E-state index contributed by atoms with van der Waals surface area (Å²) in [5.41, 5.74) is 2.40. The fourth-order valence-electron chi connectivity index (χ4n) is 0.863. The lowest BCUT2D eigenvalue weighted by Gasteiger charge is -1.92. The largest absolute Gasteiger partial charge is 0.265 e. The van der Waals surface area contributed by atoms with E-state index in [1.54, 1.807) is 0 Å². The van der Waals surface area contributed by atoms with Crippen LogP contribution < -0.4 is 0 Å². The second-order valence-corrected chi connectivity index (χ2v) is 3.12. The van der Waals surface area contributed by atoms with Gasteiger partial charge >= 0.3 is 0 Å². The standard InChI is InChI=1S/C10H15N.2C2H6/c1-4-8(2)7-11-9(3)10-5-6-10;2*1-2/h4,7,10H,1,5-6H2,2-3H3;2*1-2H3/b8-7-,11-9?;;. The summed E-state index contributed by atoms with van der Waals surface area (Å²) in [6.07, 6.45) is 6.37. The maximum absolute atomic E-state index is 4.34. The van der Waals surface area contributed by atoms with Gasteiger partial charge < -0.3 is 0 Å². The van der Waals surface area contributed by atoms with E-state index >= 15 is 0 Å². The molecule has 0 amide bonds. The minimum atomic E-state index is 0.781. The van der Waals surface area contributed by atoms with Crippen molar-refractivity contribution >= 4 is 5.71 Å². The summed E-state index contributed by atoms with van der Waals surface area (Å²) in [6.45, 7) is 15.8. The Bertz CT molecular complexity index is 207. The van der Waals surface area contributed by atoms with E-state index in [-0.39, 0.29) is 0 Å². The van der Waals surface area contributed by atoms with E-state index in [2.05, 4.69) is 18.5 Å². The highest BCUT2D eigenvalue weighted by Crippen LogP contribution is 2.30. The van der Waals surface area contributed by atoms with Crippen LogP contribution in [0, 0.1) is 5.92 Å². The first-order valence-electron chi connectivity index (χ1n) is 6.07. The molecule has 0 bridgehead atoms. The van der Waals surface area contributed by atoms with Crippen LogP contribution in [0.4, 0.5) is 0 Å². The van der Waals surface area contributed by atoms with E-state index in [0.29, 0.717) is 0 Å². The Kier molecular flexibility index (Phi) is 12.4. The maximum Gasteiger partial charge on any atom is 0.0296 e. The van der Waals surface area contributed by atoms with Crippen LogP contribution in [-0.2, 0) is 0 Å². The number of nitrogens with zero attached hydrogens (tertiary/aromatic N) is 1. The molecule has 1 saturated carbocycles. The zero-order valence-electron chi connectivity index (χ0n) is 11.3. The van der Waals surface area contributed by atoms with Gasteiger partial charge in [0.05, 0.1) is 0 Å². The van der Waals surface area contributed by atoms with Crippen LogP contribution in [0.3, 0.4) is 0 Å². The van der Waals surface area contributed by atoms with Crippen molar-refractivity contribution in [3.8, 4) is 0 Å². The second-order valence-electron chi connectivity index (χ2n) is 3.12. The van der Waals surface area contributed by atoms with Gasteiger partial charge in [0.2, 0.25) is 0 Å². The lowest BCUT2D eigenvalue weighted by atomic mass is 10.3. The van der Waals surface area contributed by atoms with Crippen molar-refractivity contribution in [3.63, 3.8) is 0 Å². The molecule has 1 aliphatic carbocycles. The Balaban J connectivity index is 0. The SMILES string of the molecule is C=C/C(C)=C\N=C(C)C1CC1.CC.CC. The predicted molar refractivity (Wildman–Crippen MR) is 72.5 cm³/mol. The summed E-state index contributed by atoms with van der Waals surface area (Å²) >= 11 is 0. The van der Waals surface area contributed by atoms with E-state index in [9.17, 15) is 0 Å². The Morgan fingerprint density at radius 2 is 1.60 bits per heavy atom. The summed E-state index contributed by atoms with van der Waals surface area (Å²) in [5, 5.41) is 0. The summed E-state index contributed by atoms with van der Waals surface area (Å²) in [7, 11) is 0. The maximum atomic E-state index is 4.34. The zero-order valence-corrected chi connectivity index (χ0v) is 11.3. The first-order valence-corrected chi connectivity index (χ1v) is 6.07. The van der Waals surface area contributed by atoms with Gasteiger partial charge in [0.25, 0.3) is 0 Å². The van der Waals surface area contributed by atoms with Gasteiger partial charge in [-0.2, -0.15) is 0 Å². The molecule has 0 N–H and O–H groups in total. The number of aliphatic imine (C=N–C) groups is 1. The molecular formula is C14H27N. The minimum absolute atomic E-state index is 0.781. The van der Waals surface area contributed by atoms with Crippen molar-refractivity contribution in [2.75, 3.05) is 0 Å². The monoisotopic (exact) mass is 209 g/mol. The van der Waals surface area contributed by atoms with Gasteiger partial charge in [-0.05, 0) is 38.2 Å². The number of rotatable bonds is 3. The molecule has 0 aliphatic heterocycles. The third-order valence-electron chi connectivity index (χ3n) is 1.96. The number of hydrogen-bond donors (Lipinski definition) is 0. The molecule has 1 nitrogen and oxygen atoms in total. The number of hydrogen-bond acceptors (Lipinski definition) is 1. The van der Waals surface area contributed by atoms with Crippen molar-refractivity contribution in [1.29, 1.82) is 0 Å². The lowest BCUT2D eigenvalue weighted by molar-refractivity contribution is 1.17. The normalized spacial score (nSPS) is 15.6. The third-order valence-corrected chi connectivity index (χ3v) is 1.96. The van der Waals surface area contributed by atoms with Crippen LogP contribution in [0.25, 0.3) is 0 Å². The highest BCUT2D eigenvalue weighted by atomic mass is 14.7. The molecular weight excluding hydrogens is 182 g/mol. The van der Waals surface area contributed by atoms with Gasteiger partial charge in [-0.1, -0.05) is 40.3 Å². The molecule has 1 heteroatoms. The van der Waals surface area contributed by atoms with Crippen molar-refractivity contribution in [1.82, 2.24) is 0 Å².